The van der Waals surface area contributed by atoms with Gasteiger partial charge in [-0.3, -0.25) is 25.2 Å². The molecule has 0 spiro atoms. The summed E-state index contributed by atoms with van der Waals surface area (Å²) in [7, 11) is 0. The Kier molecular flexibility index (Phi) is 5.81. The molecule has 2 amide bonds. The first-order valence-corrected chi connectivity index (χ1v) is 10.2. The molecule has 4 aromatic rings. The molecule has 0 aliphatic rings. The maximum atomic E-state index is 13.0. The first-order valence-electron chi connectivity index (χ1n) is 10.2. The number of aromatic nitrogens is 2. The second-order valence-electron chi connectivity index (χ2n) is 7.52. The van der Waals surface area contributed by atoms with Crippen LogP contribution in [0.25, 0.3) is 22.0 Å². The summed E-state index contributed by atoms with van der Waals surface area (Å²) in [6, 6.07) is 21.7. The molecule has 2 N–H and O–H groups in total. The SMILES string of the molecule is Cc1ccc(-c2nn(CC(=O)NNC(=O)c3ccccc3)c(=O)c3ccccc23)cc1C. The molecule has 0 radical (unpaired) electrons. The standard InChI is InChI=1S/C25H22N4O3/c1-16-12-13-19(14-17(16)2)23-20-10-6-7-11-21(20)25(32)29(28-23)15-22(30)26-27-24(31)18-8-4-3-5-9-18/h3-14H,15H2,1-2H3,(H,26,30)(H,27,31). The molecule has 7 nitrogen and oxygen atoms in total. The minimum atomic E-state index is -0.565. The van der Waals surface area contributed by atoms with E-state index in [1.807, 2.05) is 44.2 Å². The molecule has 160 valence electrons. The molecule has 1 heterocycles. The van der Waals surface area contributed by atoms with Crippen LogP contribution in [0.2, 0.25) is 0 Å². The summed E-state index contributed by atoms with van der Waals surface area (Å²) in [5.74, 6) is -1.02. The smallest absolute Gasteiger partial charge is 0.271 e. The summed E-state index contributed by atoms with van der Waals surface area (Å²) in [4.78, 5) is 37.6. The average Bonchev–Trinajstić information content (AvgIpc) is 2.82. The highest BCUT2D eigenvalue weighted by atomic mass is 16.2. The van der Waals surface area contributed by atoms with Crippen LogP contribution in [0.1, 0.15) is 21.5 Å². The van der Waals surface area contributed by atoms with E-state index in [0.717, 1.165) is 26.8 Å². The lowest BCUT2D eigenvalue weighted by Gasteiger charge is -2.13. The van der Waals surface area contributed by atoms with Crippen molar-refractivity contribution in [1.82, 2.24) is 20.6 Å². The number of rotatable bonds is 4. The Bertz CT molecular complexity index is 1380. The van der Waals surface area contributed by atoms with Gasteiger partial charge in [0.25, 0.3) is 17.4 Å². The lowest BCUT2D eigenvalue weighted by atomic mass is 10.0. The lowest BCUT2D eigenvalue weighted by Crippen LogP contribution is -2.44. The molecular formula is C25H22N4O3. The molecule has 0 aliphatic carbocycles. The maximum Gasteiger partial charge on any atom is 0.275 e. The Labute approximate surface area is 184 Å². The van der Waals surface area contributed by atoms with Crippen LogP contribution < -0.4 is 16.4 Å². The van der Waals surface area contributed by atoms with E-state index in [4.69, 9.17) is 0 Å². The molecule has 32 heavy (non-hydrogen) atoms. The van der Waals surface area contributed by atoms with Crippen LogP contribution in [-0.2, 0) is 11.3 Å². The van der Waals surface area contributed by atoms with Crippen LogP contribution in [0.15, 0.2) is 77.6 Å². The lowest BCUT2D eigenvalue weighted by molar-refractivity contribution is -0.122. The van der Waals surface area contributed by atoms with Crippen molar-refractivity contribution < 1.29 is 9.59 Å². The van der Waals surface area contributed by atoms with Crippen LogP contribution >= 0.6 is 0 Å². The summed E-state index contributed by atoms with van der Waals surface area (Å²) in [6.07, 6.45) is 0. The van der Waals surface area contributed by atoms with Gasteiger partial charge in [0.2, 0.25) is 0 Å². The highest BCUT2D eigenvalue weighted by Crippen LogP contribution is 2.26. The molecular weight excluding hydrogens is 404 g/mol. The third kappa shape index (κ3) is 4.27. The molecule has 0 bridgehead atoms. The highest BCUT2D eigenvalue weighted by Gasteiger charge is 2.15. The third-order valence-electron chi connectivity index (χ3n) is 5.29. The van der Waals surface area contributed by atoms with Gasteiger partial charge in [-0.1, -0.05) is 48.5 Å². The zero-order valence-electron chi connectivity index (χ0n) is 17.8. The van der Waals surface area contributed by atoms with Gasteiger partial charge in [0.15, 0.2) is 0 Å². The Morgan fingerprint density at radius 2 is 1.53 bits per heavy atom. The molecule has 0 saturated carbocycles. The zero-order valence-corrected chi connectivity index (χ0v) is 17.8. The van der Waals surface area contributed by atoms with Crippen molar-refractivity contribution in [2.75, 3.05) is 0 Å². The summed E-state index contributed by atoms with van der Waals surface area (Å²) in [5.41, 5.74) is 8.46. The molecule has 0 unspecified atom stereocenters. The predicted molar refractivity (Wildman–Crippen MR) is 123 cm³/mol. The number of hydrogen-bond donors (Lipinski definition) is 2. The van der Waals surface area contributed by atoms with Gasteiger partial charge >= 0.3 is 0 Å². The molecule has 1 aromatic heterocycles. The number of hydrazine groups is 1. The van der Waals surface area contributed by atoms with Gasteiger partial charge in [-0.2, -0.15) is 5.10 Å². The van der Waals surface area contributed by atoms with E-state index in [0.29, 0.717) is 16.6 Å². The van der Waals surface area contributed by atoms with E-state index in [1.54, 1.807) is 42.5 Å². The number of aryl methyl sites for hydroxylation is 2. The van der Waals surface area contributed by atoms with Gasteiger partial charge in [-0.05, 0) is 49.2 Å². The van der Waals surface area contributed by atoms with Gasteiger partial charge in [-0.15, -0.1) is 0 Å². The van der Waals surface area contributed by atoms with Crippen molar-refractivity contribution in [1.29, 1.82) is 0 Å². The number of nitrogens with zero attached hydrogens (tertiary/aromatic N) is 2. The van der Waals surface area contributed by atoms with Crippen molar-refractivity contribution in [3.8, 4) is 11.3 Å². The van der Waals surface area contributed by atoms with Gasteiger partial charge in [0, 0.05) is 16.5 Å². The van der Waals surface area contributed by atoms with Crippen LogP contribution in [0, 0.1) is 13.8 Å². The molecule has 0 aliphatic heterocycles. The summed E-state index contributed by atoms with van der Waals surface area (Å²) < 4.78 is 1.12. The fraction of sp³-hybridized carbons (Fsp3) is 0.120. The van der Waals surface area contributed by atoms with Gasteiger partial charge < -0.3 is 0 Å². The summed E-state index contributed by atoms with van der Waals surface area (Å²) in [6.45, 7) is 3.70. The fourth-order valence-electron chi connectivity index (χ4n) is 3.41. The molecule has 0 atom stereocenters. The number of benzene rings is 3. The molecule has 3 aromatic carbocycles. The molecule has 0 saturated heterocycles. The number of hydrogen-bond acceptors (Lipinski definition) is 4. The minimum Gasteiger partial charge on any atom is -0.271 e. The van der Waals surface area contributed by atoms with E-state index in [1.165, 1.54) is 0 Å². The van der Waals surface area contributed by atoms with Gasteiger partial charge in [0.05, 0.1) is 11.1 Å². The quantitative estimate of drug-likeness (QED) is 0.491. The van der Waals surface area contributed by atoms with Crippen LogP contribution in [-0.4, -0.2) is 21.6 Å². The number of fused-ring (bicyclic) bond motifs is 1. The van der Waals surface area contributed by atoms with E-state index in [-0.39, 0.29) is 12.1 Å². The van der Waals surface area contributed by atoms with E-state index < -0.39 is 11.8 Å². The highest BCUT2D eigenvalue weighted by molar-refractivity contribution is 5.96. The second-order valence-corrected chi connectivity index (χ2v) is 7.52. The van der Waals surface area contributed by atoms with Gasteiger partial charge in [-0.25, -0.2) is 4.68 Å². The normalized spacial score (nSPS) is 10.7. The monoisotopic (exact) mass is 426 g/mol. The van der Waals surface area contributed by atoms with E-state index >= 15 is 0 Å². The van der Waals surface area contributed by atoms with Crippen molar-refractivity contribution in [2.45, 2.75) is 20.4 Å². The first-order chi connectivity index (χ1) is 15.4. The van der Waals surface area contributed by atoms with E-state index in [2.05, 4.69) is 16.0 Å². The number of amides is 2. The van der Waals surface area contributed by atoms with Crippen molar-refractivity contribution in [2.24, 2.45) is 0 Å². The fourth-order valence-corrected chi connectivity index (χ4v) is 3.41. The molecule has 4 rings (SSSR count). The van der Waals surface area contributed by atoms with E-state index in [9.17, 15) is 14.4 Å². The van der Waals surface area contributed by atoms with Crippen molar-refractivity contribution in [3.63, 3.8) is 0 Å². The third-order valence-corrected chi connectivity index (χ3v) is 5.29. The Balaban J connectivity index is 1.63. The first kappa shape index (κ1) is 21.0. The Hall–Kier alpha value is -4.26. The zero-order chi connectivity index (χ0) is 22.7. The minimum absolute atomic E-state index is 0.337. The average molecular weight is 426 g/mol. The Morgan fingerprint density at radius 3 is 2.25 bits per heavy atom. The molecule has 0 fully saturated rings. The largest absolute Gasteiger partial charge is 0.275 e. The number of nitrogens with one attached hydrogen (secondary N) is 2. The van der Waals surface area contributed by atoms with Crippen LogP contribution in [0.5, 0.6) is 0 Å². The number of carbonyl (C=O) groups is 2. The molecule has 7 heteroatoms. The summed E-state index contributed by atoms with van der Waals surface area (Å²) in [5, 5.41) is 5.68. The van der Waals surface area contributed by atoms with Crippen LogP contribution in [0.3, 0.4) is 0 Å². The van der Waals surface area contributed by atoms with Crippen molar-refractivity contribution in [3.05, 3.63) is 99.8 Å². The maximum absolute atomic E-state index is 13.0. The number of carbonyl (C=O) groups excluding carboxylic acids is 2. The second kappa shape index (κ2) is 8.85. The van der Waals surface area contributed by atoms with Crippen LogP contribution in [0.4, 0.5) is 0 Å². The topological polar surface area (TPSA) is 93.1 Å². The Morgan fingerprint density at radius 1 is 0.844 bits per heavy atom. The predicted octanol–water partition coefficient (Wildman–Crippen LogP) is 3.14. The van der Waals surface area contributed by atoms with Crippen molar-refractivity contribution >= 4 is 22.6 Å². The summed E-state index contributed by atoms with van der Waals surface area (Å²) >= 11 is 0. The van der Waals surface area contributed by atoms with Gasteiger partial charge in [0.1, 0.15) is 6.54 Å².